The van der Waals surface area contributed by atoms with Crippen molar-refractivity contribution in [1.82, 2.24) is 14.8 Å². The lowest BCUT2D eigenvalue weighted by atomic mass is 9.99. The summed E-state index contributed by atoms with van der Waals surface area (Å²) >= 11 is 0. The monoisotopic (exact) mass is 416 g/mol. The van der Waals surface area contributed by atoms with Crippen LogP contribution in [0.5, 0.6) is 0 Å². The Kier molecular flexibility index (Phi) is 6.87. The van der Waals surface area contributed by atoms with Gasteiger partial charge in [0.1, 0.15) is 17.3 Å². The largest absolute Gasteiger partial charge is 0.354 e. The number of anilines is 1. The highest BCUT2D eigenvalue weighted by Gasteiger charge is 2.22. The Morgan fingerprint density at radius 1 is 1.00 bits per heavy atom. The van der Waals surface area contributed by atoms with E-state index in [1.807, 2.05) is 24.3 Å². The van der Waals surface area contributed by atoms with E-state index in [1.54, 1.807) is 23.1 Å². The fourth-order valence-corrected chi connectivity index (χ4v) is 3.74. The van der Waals surface area contributed by atoms with Crippen molar-refractivity contribution in [1.29, 1.82) is 0 Å². The molecule has 29 heavy (non-hydrogen) atoms. The van der Waals surface area contributed by atoms with Gasteiger partial charge in [-0.2, -0.15) is 0 Å². The van der Waals surface area contributed by atoms with Crippen LogP contribution in [0.4, 0.5) is 10.2 Å². The molecule has 5 nitrogen and oxygen atoms in total. The molecule has 2 aromatic rings. The second kappa shape index (κ2) is 9.37. The van der Waals surface area contributed by atoms with E-state index in [2.05, 4.69) is 21.8 Å². The van der Waals surface area contributed by atoms with Crippen LogP contribution in [0.3, 0.4) is 0 Å². The minimum absolute atomic E-state index is 0. The molecule has 0 saturated carbocycles. The van der Waals surface area contributed by atoms with E-state index in [9.17, 15) is 9.18 Å². The van der Waals surface area contributed by atoms with E-state index in [-0.39, 0.29) is 24.1 Å². The quantitative estimate of drug-likeness (QED) is 0.769. The molecule has 0 spiro atoms. The molecule has 0 atom stereocenters. The average molecular weight is 417 g/mol. The summed E-state index contributed by atoms with van der Waals surface area (Å²) in [6.45, 7) is 4.87. The number of carbonyl (C=O) groups excluding carboxylic acids is 1. The van der Waals surface area contributed by atoms with Crippen molar-refractivity contribution in [3.05, 3.63) is 65.6 Å². The van der Waals surface area contributed by atoms with Crippen molar-refractivity contribution in [2.24, 2.45) is 0 Å². The molecular formula is C22H26ClFN4O. The number of benzene rings is 1. The molecule has 154 valence electrons. The number of pyridine rings is 1. The van der Waals surface area contributed by atoms with Crippen molar-refractivity contribution >= 4 is 29.7 Å². The number of piperazine rings is 1. The van der Waals surface area contributed by atoms with Gasteiger partial charge in [-0.05, 0) is 37.2 Å². The predicted molar refractivity (Wildman–Crippen MR) is 116 cm³/mol. The summed E-state index contributed by atoms with van der Waals surface area (Å²) in [5.41, 5.74) is 2.06. The summed E-state index contributed by atoms with van der Waals surface area (Å²) in [5.74, 6) is 0.577. The third-order valence-corrected chi connectivity index (χ3v) is 5.50. The maximum absolute atomic E-state index is 14.0. The third-order valence-electron chi connectivity index (χ3n) is 5.50. The molecule has 1 aromatic carbocycles. The fourth-order valence-electron chi connectivity index (χ4n) is 3.74. The van der Waals surface area contributed by atoms with Gasteiger partial charge < -0.3 is 14.7 Å². The molecule has 2 aliphatic rings. The first kappa shape index (κ1) is 21.3. The minimum atomic E-state index is -0.213. The molecule has 0 bridgehead atoms. The van der Waals surface area contributed by atoms with E-state index in [0.29, 0.717) is 30.8 Å². The highest BCUT2D eigenvalue weighted by molar-refractivity contribution is 5.93. The number of hydrogen-bond donors (Lipinski definition) is 0. The van der Waals surface area contributed by atoms with Crippen LogP contribution in [0.1, 0.15) is 22.5 Å². The molecule has 4 rings (SSSR count). The van der Waals surface area contributed by atoms with Crippen molar-refractivity contribution in [2.45, 2.75) is 6.42 Å². The summed E-state index contributed by atoms with van der Waals surface area (Å²) in [4.78, 5) is 23.8. The lowest BCUT2D eigenvalue weighted by molar-refractivity contribution is 0.0767. The van der Waals surface area contributed by atoms with Crippen LogP contribution in [0.25, 0.3) is 5.57 Å². The van der Waals surface area contributed by atoms with Gasteiger partial charge in [0.05, 0.1) is 0 Å². The summed E-state index contributed by atoms with van der Waals surface area (Å²) in [5, 5.41) is 0. The lowest BCUT2D eigenvalue weighted by Crippen LogP contribution is -2.45. The highest BCUT2D eigenvalue weighted by atomic mass is 35.5. The minimum Gasteiger partial charge on any atom is -0.354 e. The molecule has 1 aromatic heterocycles. The number of rotatable bonds is 3. The summed E-state index contributed by atoms with van der Waals surface area (Å²) < 4.78 is 14.0. The number of amides is 1. The van der Waals surface area contributed by atoms with Gasteiger partial charge in [0.15, 0.2) is 0 Å². The van der Waals surface area contributed by atoms with Crippen molar-refractivity contribution < 1.29 is 9.18 Å². The molecule has 1 saturated heterocycles. The van der Waals surface area contributed by atoms with Crippen LogP contribution in [0, 0.1) is 5.82 Å². The first-order chi connectivity index (χ1) is 13.6. The second-order valence-electron chi connectivity index (χ2n) is 7.38. The number of nitrogens with zero attached hydrogens (tertiary/aromatic N) is 4. The Hall–Kier alpha value is -2.44. The van der Waals surface area contributed by atoms with E-state index in [4.69, 9.17) is 0 Å². The second-order valence-corrected chi connectivity index (χ2v) is 7.38. The zero-order chi connectivity index (χ0) is 19.5. The van der Waals surface area contributed by atoms with E-state index < -0.39 is 0 Å². The Labute approximate surface area is 177 Å². The smallest absolute Gasteiger partial charge is 0.272 e. The van der Waals surface area contributed by atoms with Crippen molar-refractivity contribution in [3.8, 4) is 0 Å². The van der Waals surface area contributed by atoms with Gasteiger partial charge in [0, 0.05) is 44.8 Å². The lowest BCUT2D eigenvalue weighted by Gasteiger charge is -2.33. The van der Waals surface area contributed by atoms with Gasteiger partial charge in [-0.3, -0.25) is 4.79 Å². The maximum Gasteiger partial charge on any atom is 0.272 e. The number of halogens is 2. The Morgan fingerprint density at radius 3 is 2.45 bits per heavy atom. The van der Waals surface area contributed by atoms with Gasteiger partial charge in [0.2, 0.25) is 0 Å². The van der Waals surface area contributed by atoms with E-state index in [0.717, 1.165) is 37.6 Å². The van der Waals surface area contributed by atoms with E-state index >= 15 is 0 Å². The number of aromatic nitrogens is 1. The first-order valence-electron chi connectivity index (χ1n) is 9.75. The number of likely N-dealkylation sites (N-methyl/N-ethyl adjacent to an activating group) is 1. The number of hydrogen-bond acceptors (Lipinski definition) is 4. The SMILES string of the molecule is CN1CCN(c2cccc(C(=O)N3CC=C(c4ccccc4F)CC3)n2)CC1.Cl. The summed E-state index contributed by atoms with van der Waals surface area (Å²) in [7, 11) is 2.12. The molecule has 3 heterocycles. The van der Waals surface area contributed by atoms with Gasteiger partial charge >= 0.3 is 0 Å². The van der Waals surface area contributed by atoms with Crippen LogP contribution in [0.2, 0.25) is 0 Å². The Bertz CT molecular complexity index is 896. The van der Waals surface area contributed by atoms with Crippen LogP contribution < -0.4 is 4.90 Å². The average Bonchev–Trinajstić information content (AvgIpc) is 2.74. The van der Waals surface area contributed by atoms with Crippen molar-refractivity contribution in [2.75, 3.05) is 51.2 Å². The topological polar surface area (TPSA) is 39.7 Å². The molecule has 0 radical (unpaired) electrons. The predicted octanol–water partition coefficient (Wildman–Crippen LogP) is 3.32. The van der Waals surface area contributed by atoms with Crippen LogP contribution in [0.15, 0.2) is 48.5 Å². The Balaban J connectivity index is 0.00000240. The molecule has 7 heteroatoms. The maximum atomic E-state index is 14.0. The first-order valence-corrected chi connectivity index (χ1v) is 9.75. The zero-order valence-corrected chi connectivity index (χ0v) is 17.4. The van der Waals surface area contributed by atoms with Gasteiger partial charge in [-0.15, -0.1) is 12.4 Å². The van der Waals surface area contributed by atoms with Crippen LogP contribution in [-0.4, -0.2) is 67.0 Å². The molecule has 0 N–H and O–H groups in total. The molecule has 0 unspecified atom stereocenters. The third kappa shape index (κ3) is 4.77. The van der Waals surface area contributed by atoms with Crippen LogP contribution >= 0.6 is 12.4 Å². The highest BCUT2D eigenvalue weighted by Crippen LogP contribution is 2.25. The standard InChI is InChI=1S/C22H25FN4O.ClH/c1-25-13-15-26(16-14-25)21-8-4-7-20(24-21)22(28)27-11-9-17(10-12-27)18-5-2-3-6-19(18)23;/h2-9H,10-16H2,1H3;1H. The van der Waals surface area contributed by atoms with Crippen molar-refractivity contribution in [3.63, 3.8) is 0 Å². The van der Waals surface area contributed by atoms with Gasteiger partial charge in [0.25, 0.3) is 5.91 Å². The molecule has 0 aliphatic carbocycles. The molecule has 1 amide bonds. The molecule has 1 fully saturated rings. The van der Waals surface area contributed by atoms with Gasteiger partial charge in [-0.25, -0.2) is 9.37 Å². The van der Waals surface area contributed by atoms with Crippen LogP contribution in [-0.2, 0) is 0 Å². The normalized spacial score (nSPS) is 17.5. The van der Waals surface area contributed by atoms with E-state index in [1.165, 1.54) is 6.07 Å². The zero-order valence-electron chi connectivity index (χ0n) is 16.6. The Morgan fingerprint density at radius 2 is 1.76 bits per heavy atom. The number of carbonyl (C=O) groups is 1. The summed E-state index contributed by atoms with van der Waals surface area (Å²) in [6.07, 6.45) is 2.59. The van der Waals surface area contributed by atoms with Gasteiger partial charge in [-0.1, -0.05) is 30.3 Å². The molecule has 2 aliphatic heterocycles. The summed E-state index contributed by atoms with van der Waals surface area (Å²) in [6, 6.07) is 12.4. The fraction of sp³-hybridized carbons (Fsp3) is 0.364. The molecular weight excluding hydrogens is 391 g/mol.